The second-order valence-electron chi connectivity index (χ2n) is 2.87. The second kappa shape index (κ2) is 5.27. The standard InChI is InChI=1S/C10H8Cl4/c1-6-2-3-7(5-11)8(4-6)9(12)10(13)14/h2-4H,5H2,1H3. The number of halogens is 4. The number of hydrogen-bond donors (Lipinski definition) is 0. The highest BCUT2D eigenvalue weighted by Crippen LogP contribution is 2.31. The summed E-state index contributed by atoms with van der Waals surface area (Å²) in [5.41, 5.74) is 2.80. The first-order valence-corrected chi connectivity index (χ1v) is 5.59. The van der Waals surface area contributed by atoms with Crippen molar-refractivity contribution >= 4 is 51.4 Å². The first-order valence-electron chi connectivity index (χ1n) is 3.93. The SMILES string of the molecule is Cc1ccc(CCl)c(C(Cl)=C(Cl)Cl)c1. The largest absolute Gasteiger partial charge is 0.126 e. The number of hydrogen-bond acceptors (Lipinski definition) is 0. The van der Waals surface area contributed by atoms with E-state index >= 15 is 0 Å². The molecule has 0 heterocycles. The molecule has 0 N–H and O–H groups in total. The summed E-state index contributed by atoms with van der Waals surface area (Å²) < 4.78 is 0.0589. The molecule has 0 radical (unpaired) electrons. The maximum absolute atomic E-state index is 5.95. The fourth-order valence-corrected chi connectivity index (χ4v) is 1.73. The van der Waals surface area contributed by atoms with Gasteiger partial charge in [0.15, 0.2) is 0 Å². The summed E-state index contributed by atoms with van der Waals surface area (Å²) in [6.45, 7) is 1.97. The molecule has 14 heavy (non-hydrogen) atoms. The lowest BCUT2D eigenvalue weighted by atomic mass is 10.1. The third-order valence-electron chi connectivity index (χ3n) is 1.81. The highest BCUT2D eigenvalue weighted by atomic mass is 35.5. The molecular formula is C10H8Cl4. The zero-order valence-electron chi connectivity index (χ0n) is 7.45. The molecular weight excluding hydrogens is 262 g/mol. The monoisotopic (exact) mass is 268 g/mol. The summed E-state index contributed by atoms with van der Waals surface area (Å²) in [4.78, 5) is 0. The average molecular weight is 270 g/mol. The van der Waals surface area contributed by atoms with Gasteiger partial charge in [-0.1, -0.05) is 58.6 Å². The molecule has 0 aliphatic heterocycles. The number of benzene rings is 1. The van der Waals surface area contributed by atoms with Crippen molar-refractivity contribution in [3.63, 3.8) is 0 Å². The quantitative estimate of drug-likeness (QED) is 0.657. The lowest BCUT2D eigenvalue weighted by Crippen LogP contribution is -1.89. The van der Waals surface area contributed by atoms with E-state index in [1.165, 1.54) is 0 Å². The molecule has 1 aromatic rings. The predicted octanol–water partition coefficient (Wildman–Crippen LogP) is 5.08. The molecule has 0 bridgehead atoms. The van der Waals surface area contributed by atoms with E-state index in [2.05, 4.69) is 0 Å². The van der Waals surface area contributed by atoms with Crippen molar-refractivity contribution in [2.75, 3.05) is 0 Å². The normalized spacial score (nSPS) is 10.1. The predicted molar refractivity (Wildman–Crippen MR) is 65.2 cm³/mol. The zero-order chi connectivity index (χ0) is 10.7. The van der Waals surface area contributed by atoms with Gasteiger partial charge in [0.05, 0.1) is 5.03 Å². The maximum atomic E-state index is 5.95. The lowest BCUT2D eigenvalue weighted by molar-refractivity contribution is 1.33. The summed E-state index contributed by atoms with van der Waals surface area (Å²) >= 11 is 22.9. The first kappa shape index (κ1) is 12.2. The van der Waals surface area contributed by atoms with E-state index in [1.54, 1.807) is 0 Å². The molecule has 0 aliphatic rings. The van der Waals surface area contributed by atoms with Crippen molar-refractivity contribution in [2.24, 2.45) is 0 Å². The summed E-state index contributed by atoms with van der Waals surface area (Å²) in [6, 6.07) is 5.79. The average Bonchev–Trinajstić information content (AvgIpc) is 2.16. The van der Waals surface area contributed by atoms with Crippen LogP contribution in [0.25, 0.3) is 5.03 Å². The van der Waals surface area contributed by atoms with Gasteiger partial charge in [-0.05, 0) is 12.5 Å². The summed E-state index contributed by atoms with van der Waals surface area (Å²) in [7, 11) is 0. The van der Waals surface area contributed by atoms with Crippen LogP contribution in [0, 0.1) is 6.92 Å². The molecule has 0 spiro atoms. The van der Waals surface area contributed by atoms with Crippen molar-refractivity contribution in [3.8, 4) is 0 Å². The van der Waals surface area contributed by atoms with Crippen LogP contribution in [0.1, 0.15) is 16.7 Å². The van der Waals surface area contributed by atoms with Crippen LogP contribution in [0.3, 0.4) is 0 Å². The Morgan fingerprint density at radius 1 is 1.21 bits per heavy atom. The molecule has 76 valence electrons. The Morgan fingerprint density at radius 3 is 2.36 bits per heavy atom. The molecule has 0 unspecified atom stereocenters. The van der Waals surface area contributed by atoms with Gasteiger partial charge in [-0.15, -0.1) is 11.6 Å². The molecule has 0 saturated heterocycles. The molecule has 1 aromatic carbocycles. The molecule has 0 saturated carbocycles. The van der Waals surface area contributed by atoms with Crippen molar-refractivity contribution in [3.05, 3.63) is 39.4 Å². The van der Waals surface area contributed by atoms with E-state index < -0.39 is 0 Å². The van der Waals surface area contributed by atoms with Gasteiger partial charge in [0.25, 0.3) is 0 Å². The van der Waals surface area contributed by atoms with Gasteiger partial charge in [0.2, 0.25) is 0 Å². The van der Waals surface area contributed by atoms with Gasteiger partial charge in [-0.3, -0.25) is 0 Å². The number of rotatable bonds is 2. The minimum Gasteiger partial charge on any atom is -0.122 e. The first-order chi connectivity index (χ1) is 6.56. The molecule has 0 atom stereocenters. The Morgan fingerprint density at radius 2 is 1.86 bits per heavy atom. The Balaban J connectivity index is 3.31. The lowest BCUT2D eigenvalue weighted by Gasteiger charge is -2.07. The van der Waals surface area contributed by atoms with Gasteiger partial charge < -0.3 is 0 Å². The Labute approximate surface area is 103 Å². The van der Waals surface area contributed by atoms with Crippen LogP contribution in [0.15, 0.2) is 22.7 Å². The van der Waals surface area contributed by atoms with Crippen LogP contribution in [0.2, 0.25) is 0 Å². The fourth-order valence-electron chi connectivity index (χ4n) is 1.11. The van der Waals surface area contributed by atoms with Gasteiger partial charge in [-0.25, -0.2) is 0 Å². The molecule has 1 rings (SSSR count). The molecule has 0 aromatic heterocycles. The summed E-state index contributed by atoms with van der Waals surface area (Å²) in [5.74, 6) is 0.382. The summed E-state index contributed by atoms with van der Waals surface area (Å²) in [5, 5.41) is 0.340. The number of aryl methyl sites for hydroxylation is 1. The maximum Gasteiger partial charge on any atom is 0.126 e. The van der Waals surface area contributed by atoms with E-state index in [1.807, 2.05) is 25.1 Å². The van der Waals surface area contributed by atoms with Crippen LogP contribution >= 0.6 is 46.4 Å². The second-order valence-corrected chi connectivity index (χ2v) is 4.46. The van der Waals surface area contributed by atoms with Crippen molar-refractivity contribution in [1.29, 1.82) is 0 Å². The fraction of sp³-hybridized carbons (Fsp3) is 0.200. The van der Waals surface area contributed by atoms with Crippen LogP contribution in [-0.2, 0) is 5.88 Å². The zero-order valence-corrected chi connectivity index (χ0v) is 10.5. The van der Waals surface area contributed by atoms with Gasteiger partial charge in [0, 0.05) is 11.4 Å². The van der Waals surface area contributed by atoms with E-state index in [-0.39, 0.29) is 4.49 Å². The topological polar surface area (TPSA) is 0 Å². The molecule has 0 fully saturated rings. The van der Waals surface area contributed by atoms with E-state index in [0.29, 0.717) is 10.9 Å². The highest BCUT2D eigenvalue weighted by molar-refractivity contribution is 6.66. The van der Waals surface area contributed by atoms with Gasteiger partial charge in [0.1, 0.15) is 4.49 Å². The van der Waals surface area contributed by atoms with E-state index in [9.17, 15) is 0 Å². The third kappa shape index (κ3) is 2.80. The smallest absolute Gasteiger partial charge is 0.122 e. The Hall–Kier alpha value is 0.120. The minimum atomic E-state index is 0.0589. The van der Waals surface area contributed by atoms with Crippen molar-refractivity contribution in [1.82, 2.24) is 0 Å². The van der Waals surface area contributed by atoms with Crippen molar-refractivity contribution in [2.45, 2.75) is 12.8 Å². The van der Waals surface area contributed by atoms with Crippen LogP contribution in [-0.4, -0.2) is 0 Å². The summed E-state index contributed by atoms with van der Waals surface area (Å²) in [6.07, 6.45) is 0. The van der Waals surface area contributed by atoms with E-state index in [0.717, 1.165) is 16.7 Å². The molecule has 0 amide bonds. The number of alkyl halides is 1. The highest BCUT2D eigenvalue weighted by Gasteiger charge is 2.08. The Kier molecular flexibility index (Phi) is 4.59. The molecule has 4 heteroatoms. The minimum absolute atomic E-state index is 0.0589. The molecule has 0 nitrogen and oxygen atoms in total. The molecule has 0 aliphatic carbocycles. The van der Waals surface area contributed by atoms with Gasteiger partial charge in [-0.2, -0.15) is 0 Å². The van der Waals surface area contributed by atoms with Crippen LogP contribution in [0.5, 0.6) is 0 Å². The van der Waals surface area contributed by atoms with Crippen molar-refractivity contribution < 1.29 is 0 Å². The third-order valence-corrected chi connectivity index (χ3v) is 3.06. The van der Waals surface area contributed by atoms with E-state index in [4.69, 9.17) is 46.4 Å². The van der Waals surface area contributed by atoms with Crippen LogP contribution in [0.4, 0.5) is 0 Å². The van der Waals surface area contributed by atoms with Crippen LogP contribution < -0.4 is 0 Å². The van der Waals surface area contributed by atoms with Gasteiger partial charge >= 0.3 is 0 Å². The Bertz CT molecular complexity index is 364.